The molecule has 1 aliphatic rings. The second-order valence-electron chi connectivity index (χ2n) is 9.57. The summed E-state index contributed by atoms with van der Waals surface area (Å²) in [5, 5.41) is 2.80. The third kappa shape index (κ3) is 3.51. The summed E-state index contributed by atoms with van der Waals surface area (Å²) in [7, 11) is -3.69. The van der Waals surface area contributed by atoms with Gasteiger partial charge in [-0.2, -0.15) is 0 Å². The van der Waals surface area contributed by atoms with Crippen LogP contribution in [0.4, 0.5) is 5.69 Å². The summed E-state index contributed by atoms with van der Waals surface area (Å²) in [4.78, 5) is 0.251. The van der Waals surface area contributed by atoms with Crippen molar-refractivity contribution in [3.05, 3.63) is 72.0 Å². The van der Waals surface area contributed by atoms with Crippen molar-refractivity contribution < 1.29 is 12.8 Å². The Balaban J connectivity index is 1.69. The van der Waals surface area contributed by atoms with Gasteiger partial charge in [0.25, 0.3) is 10.0 Å². The minimum Gasteiger partial charge on any atom is -0.460 e. The maximum atomic E-state index is 13.1. The topological polar surface area (TPSA) is 59.3 Å². The fourth-order valence-electron chi connectivity index (χ4n) is 4.72. The first kappa shape index (κ1) is 20.1. The molecule has 0 bridgehead atoms. The van der Waals surface area contributed by atoms with Gasteiger partial charge in [0.2, 0.25) is 0 Å². The number of benzene rings is 3. The summed E-state index contributed by atoms with van der Waals surface area (Å²) in [5.74, 6) is 1.61. The van der Waals surface area contributed by atoms with Gasteiger partial charge in [-0.25, -0.2) is 8.42 Å². The fourth-order valence-corrected chi connectivity index (χ4v) is 5.82. The van der Waals surface area contributed by atoms with E-state index in [1.54, 1.807) is 24.3 Å². The lowest BCUT2D eigenvalue weighted by atomic mass is 9.71. The predicted octanol–water partition coefficient (Wildman–Crippen LogP) is 6.54. The molecule has 1 aliphatic carbocycles. The van der Waals surface area contributed by atoms with Crippen LogP contribution in [0.25, 0.3) is 21.7 Å². The molecule has 4 nitrogen and oxygen atoms in total. The second-order valence-corrected chi connectivity index (χ2v) is 11.3. The smallest absolute Gasteiger partial charge is 0.261 e. The lowest BCUT2D eigenvalue weighted by Gasteiger charge is -2.33. The van der Waals surface area contributed by atoms with E-state index >= 15 is 0 Å². The van der Waals surface area contributed by atoms with E-state index < -0.39 is 10.0 Å². The third-order valence-electron chi connectivity index (χ3n) is 6.58. The summed E-state index contributed by atoms with van der Waals surface area (Å²) < 4.78 is 35.3. The van der Waals surface area contributed by atoms with Gasteiger partial charge in [-0.1, -0.05) is 63.2 Å². The molecule has 0 amide bonds. The van der Waals surface area contributed by atoms with Crippen molar-refractivity contribution >= 4 is 37.5 Å². The van der Waals surface area contributed by atoms with Crippen LogP contribution in [0.15, 0.2) is 70.0 Å². The van der Waals surface area contributed by atoms with Crippen molar-refractivity contribution in [2.45, 2.75) is 44.9 Å². The Hall–Kier alpha value is -2.79. The number of hydrogen-bond acceptors (Lipinski definition) is 3. The minimum atomic E-state index is -3.69. The zero-order valence-electron chi connectivity index (χ0n) is 18.1. The van der Waals surface area contributed by atoms with Crippen LogP contribution in [0.3, 0.4) is 0 Å². The highest BCUT2D eigenvalue weighted by Gasteiger charge is 2.32. The third-order valence-corrected chi connectivity index (χ3v) is 7.96. The van der Waals surface area contributed by atoms with Gasteiger partial charge >= 0.3 is 0 Å². The van der Waals surface area contributed by atoms with Crippen molar-refractivity contribution in [1.29, 1.82) is 0 Å². The molecule has 1 unspecified atom stereocenters. The summed E-state index contributed by atoms with van der Waals surface area (Å²) in [6, 6.07) is 18.3. The number of sulfonamides is 1. The maximum Gasteiger partial charge on any atom is 0.261 e. The number of aryl methyl sites for hydroxylation is 1. The van der Waals surface area contributed by atoms with E-state index in [1.807, 2.05) is 36.4 Å². The molecule has 1 N–H and O–H groups in total. The molecule has 5 heteroatoms. The van der Waals surface area contributed by atoms with E-state index in [1.165, 1.54) is 5.56 Å². The Morgan fingerprint density at radius 3 is 2.32 bits per heavy atom. The number of nitrogens with one attached hydrogen (secondary N) is 1. The van der Waals surface area contributed by atoms with Crippen LogP contribution in [-0.2, 0) is 22.9 Å². The van der Waals surface area contributed by atoms with Gasteiger partial charge in [0.05, 0.1) is 10.6 Å². The molecule has 5 rings (SSSR count). The SMILES string of the molecule is CC(C)(C)C1CCc2oc3c(cc(NS(=O)(=O)c4ccccc4)c4ccccc43)c2C1. The van der Waals surface area contributed by atoms with E-state index in [9.17, 15) is 8.42 Å². The standard InChI is InChI=1S/C26H27NO3S/c1-26(2,3)17-13-14-24-21(15-17)22-16-23(19-11-7-8-12-20(19)25(22)30-24)27-31(28,29)18-9-5-4-6-10-18/h4-12,16-17,27H,13-15H2,1-3H3. The predicted molar refractivity (Wildman–Crippen MR) is 126 cm³/mol. The average molecular weight is 434 g/mol. The molecule has 0 aliphatic heterocycles. The maximum absolute atomic E-state index is 13.1. The number of hydrogen-bond donors (Lipinski definition) is 1. The molecular formula is C26H27NO3S. The number of fused-ring (bicyclic) bond motifs is 5. The Kier molecular flexibility index (Phi) is 4.63. The summed E-state index contributed by atoms with van der Waals surface area (Å²) in [6.07, 6.45) is 2.99. The molecule has 3 aromatic carbocycles. The molecule has 0 radical (unpaired) electrons. The number of furan rings is 1. The Morgan fingerprint density at radius 1 is 0.935 bits per heavy atom. The molecule has 4 aromatic rings. The van der Waals surface area contributed by atoms with Crippen molar-refractivity contribution in [3.63, 3.8) is 0 Å². The normalized spacial score (nSPS) is 17.1. The number of rotatable bonds is 3. The van der Waals surface area contributed by atoms with Crippen molar-refractivity contribution in [2.75, 3.05) is 4.72 Å². The molecule has 1 atom stereocenters. The lowest BCUT2D eigenvalue weighted by molar-refractivity contribution is 0.210. The minimum absolute atomic E-state index is 0.218. The molecule has 160 valence electrons. The van der Waals surface area contributed by atoms with E-state index in [4.69, 9.17) is 4.42 Å². The van der Waals surface area contributed by atoms with Gasteiger partial charge in [0.15, 0.2) is 0 Å². The molecule has 1 heterocycles. The zero-order valence-corrected chi connectivity index (χ0v) is 18.9. The van der Waals surface area contributed by atoms with Crippen LogP contribution in [-0.4, -0.2) is 8.42 Å². The van der Waals surface area contributed by atoms with Crippen molar-refractivity contribution in [2.24, 2.45) is 11.3 Å². The first-order chi connectivity index (χ1) is 14.7. The largest absolute Gasteiger partial charge is 0.460 e. The van der Waals surface area contributed by atoms with E-state index in [0.717, 1.165) is 46.8 Å². The van der Waals surface area contributed by atoms with Gasteiger partial charge in [-0.05, 0) is 42.4 Å². The average Bonchev–Trinajstić information content (AvgIpc) is 3.12. The Labute approximate surface area is 183 Å². The quantitative estimate of drug-likeness (QED) is 0.399. The number of anilines is 1. The van der Waals surface area contributed by atoms with Gasteiger partial charge in [0.1, 0.15) is 11.3 Å². The van der Waals surface area contributed by atoms with Crippen molar-refractivity contribution in [1.82, 2.24) is 0 Å². The van der Waals surface area contributed by atoms with E-state index in [2.05, 4.69) is 25.5 Å². The molecule has 1 aromatic heterocycles. The van der Waals surface area contributed by atoms with Gasteiger partial charge < -0.3 is 4.42 Å². The van der Waals surface area contributed by atoms with E-state index in [-0.39, 0.29) is 10.3 Å². The summed E-state index contributed by atoms with van der Waals surface area (Å²) in [6.45, 7) is 6.87. The highest BCUT2D eigenvalue weighted by molar-refractivity contribution is 7.92. The van der Waals surface area contributed by atoms with Crippen LogP contribution < -0.4 is 4.72 Å². The fraction of sp³-hybridized carbons (Fsp3) is 0.308. The molecule has 31 heavy (non-hydrogen) atoms. The van der Waals surface area contributed by atoms with E-state index in [0.29, 0.717) is 11.6 Å². The van der Waals surface area contributed by atoms with Crippen molar-refractivity contribution in [3.8, 4) is 0 Å². The summed E-state index contributed by atoms with van der Waals surface area (Å²) >= 11 is 0. The monoisotopic (exact) mass is 433 g/mol. The van der Waals surface area contributed by atoms with Gasteiger partial charge in [-0.3, -0.25) is 4.72 Å². The van der Waals surface area contributed by atoms with Crippen LogP contribution in [0, 0.1) is 11.3 Å². The zero-order chi connectivity index (χ0) is 21.8. The van der Waals surface area contributed by atoms with Crippen LogP contribution in [0.1, 0.15) is 38.5 Å². The van der Waals surface area contributed by atoms with Crippen LogP contribution in [0.5, 0.6) is 0 Å². The van der Waals surface area contributed by atoms with Gasteiger partial charge in [0, 0.05) is 28.1 Å². The highest BCUT2D eigenvalue weighted by Crippen LogP contribution is 2.44. The second kappa shape index (κ2) is 7.13. The first-order valence-electron chi connectivity index (χ1n) is 10.8. The molecule has 0 fully saturated rings. The molecule has 0 saturated carbocycles. The Morgan fingerprint density at radius 2 is 1.61 bits per heavy atom. The Bertz CT molecular complexity index is 1380. The lowest BCUT2D eigenvalue weighted by Crippen LogP contribution is -2.26. The van der Waals surface area contributed by atoms with Crippen LogP contribution >= 0.6 is 0 Å². The molecular weight excluding hydrogens is 406 g/mol. The highest BCUT2D eigenvalue weighted by atomic mass is 32.2. The molecule has 0 spiro atoms. The van der Waals surface area contributed by atoms with Gasteiger partial charge in [-0.15, -0.1) is 0 Å². The molecule has 0 saturated heterocycles. The summed E-state index contributed by atoms with van der Waals surface area (Å²) in [5.41, 5.74) is 2.90. The first-order valence-corrected chi connectivity index (χ1v) is 12.3. The van der Waals surface area contributed by atoms with Crippen LogP contribution in [0.2, 0.25) is 0 Å².